The van der Waals surface area contributed by atoms with Gasteiger partial charge in [0.05, 0.1) is 4.87 Å². The second kappa shape index (κ2) is 6.76. The molecule has 0 bridgehead atoms. The first-order valence-electron chi connectivity index (χ1n) is 7.57. The number of esters is 1. The molecule has 1 aromatic carbocycles. The quantitative estimate of drug-likeness (QED) is 0.768. The first-order chi connectivity index (χ1) is 11.4. The highest BCUT2D eigenvalue weighted by Crippen LogP contribution is 2.47. The number of thioether (sulfide) groups is 1. The van der Waals surface area contributed by atoms with Gasteiger partial charge >= 0.3 is 5.97 Å². The van der Waals surface area contributed by atoms with E-state index in [1.807, 2.05) is 13.0 Å². The molecule has 2 amide bonds. The summed E-state index contributed by atoms with van der Waals surface area (Å²) in [6, 6.07) is 6.53. The zero-order valence-corrected chi connectivity index (χ0v) is 15.5. The highest BCUT2D eigenvalue weighted by molar-refractivity contribution is 9.10. The number of nitrogens with one attached hydrogen (secondary N) is 1. The van der Waals surface area contributed by atoms with Gasteiger partial charge in [-0.2, -0.15) is 0 Å². The number of rotatable bonds is 4. The van der Waals surface area contributed by atoms with Crippen molar-refractivity contribution in [3.63, 3.8) is 0 Å². The van der Waals surface area contributed by atoms with Gasteiger partial charge in [-0.3, -0.25) is 9.59 Å². The molecule has 2 heterocycles. The van der Waals surface area contributed by atoms with Gasteiger partial charge in [-0.15, -0.1) is 11.8 Å². The number of hydrogen-bond acceptors (Lipinski definition) is 5. The summed E-state index contributed by atoms with van der Waals surface area (Å²) in [5.74, 6) is -0.453. The molecule has 1 aromatic rings. The predicted molar refractivity (Wildman–Crippen MR) is 94.5 cm³/mol. The third kappa shape index (κ3) is 3.44. The van der Waals surface area contributed by atoms with Crippen molar-refractivity contribution in [3.05, 3.63) is 28.7 Å². The summed E-state index contributed by atoms with van der Waals surface area (Å²) in [5, 5.41) is 2.66. The molecular weight excluding hydrogens is 396 g/mol. The monoisotopic (exact) mass is 412 g/mol. The molecule has 0 radical (unpaired) electrons. The van der Waals surface area contributed by atoms with Crippen LogP contribution in [0.2, 0.25) is 0 Å². The highest BCUT2D eigenvalue weighted by atomic mass is 79.9. The summed E-state index contributed by atoms with van der Waals surface area (Å²) in [5.41, 5.74) is 0.615. The molecule has 0 saturated carbocycles. The molecule has 0 aromatic heterocycles. The Kier molecular flexibility index (Phi) is 4.87. The fraction of sp³-hybridized carbons (Fsp3) is 0.438. The molecule has 6 nitrogen and oxygen atoms in total. The molecule has 0 aliphatic carbocycles. The topological polar surface area (TPSA) is 75.7 Å². The summed E-state index contributed by atoms with van der Waals surface area (Å²) in [7, 11) is 0. The number of fused-ring (bicyclic) bond motifs is 1. The summed E-state index contributed by atoms with van der Waals surface area (Å²) < 4.78 is 5.96. The number of benzene rings is 1. The first kappa shape index (κ1) is 17.3. The molecule has 0 spiro atoms. The van der Waals surface area contributed by atoms with Crippen LogP contribution in [0.15, 0.2) is 28.7 Å². The maximum absolute atomic E-state index is 12.3. The lowest BCUT2D eigenvalue weighted by atomic mass is 10.2. The standard InChI is InChI=1S/C16H17BrN2O4S/c1-16-6-5-14(21)19(16)12(9-24-16)15(22)23-8-13(20)18-11-4-2-3-10(17)7-11/h2-4,7,12H,5-6,8-9H2,1H3,(H,18,20)/t12-,16+/m0/s1. The predicted octanol–water partition coefficient (Wildman–Crippen LogP) is 2.38. The van der Waals surface area contributed by atoms with Crippen molar-refractivity contribution < 1.29 is 19.1 Å². The van der Waals surface area contributed by atoms with Gasteiger partial charge in [-0.05, 0) is 31.5 Å². The van der Waals surface area contributed by atoms with Crippen molar-refractivity contribution in [1.29, 1.82) is 0 Å². The molecule has 8 heteroatoms. The Hall–Kier alpha value is -1.54. The van der Waals surface area contributed by atoms with Gasteiger partial charge in [0.15, 0.2) is 6.61 Å². The second-order valence-corrected chi connectivity index (χ2v) is 8.35. The van der Waals surface area contributed by atoms with E-state index in [-0.39, 0.29) is 17.4 Å². The Morgan fingerprint density at radius 1 is 1.50 bits per heavy atom. The lowest BCUT2D eigenvalue weighted by Crippen LogP contribution is -2.47. The van der Waals surface area contributed by atoms with E-state index in [1.54, 1.807) is 34.9 Å². The van der Waals surface area contributed by atoms with E-state index in [0.717, 1.165) is 10.9 Å². The lowest BCUT2D eigenvalue weighted by molar-refractivity contribution is -0.155. The number of carbonyl (C=O) groups is 3. The van der Waals surface area contributed by atoms with E-state index in [4.69, 9.17) is 4.74 Å². The summed E-state index contributed by atoms with van der Waals surface area (Å²) >= 11 is 4.91. The number of carbonyl (C=O) groups excluding carboxylic acids is 3. The average Bonchev–Trinajstić information content (AvgIpc) is 3.02. The number of halogens is 1. The van der Waals surface area contributed by atoms with E-state index in [0.29, 0.717) is 17.9 Å². The molecule has 2 saturated heterocycles. The molecule has 2 atom stereocenters. The van der Waals surface area contributed by atoms with Crippen molar-refractivity contribution in [2.45, 2.75) is 30.7 Å². The third-order valence-electron chi connectivity index (χ3n) is 4.17. The van der Waals surface area contributed by atoms with E-state index < -0.39 is 17.9 Å². The van der Waals surface area contributed by atoms with Crippen molar-refractivity contribution in [3.8, 4) is 0 Å². The van der Waals surface area contributed by atoms with Gasteiger partial charge in [-0.25, -0.2) is 4.79 Å². The van der Waals surface area contributed by atoms with Gasteiger partial charge in [0, 0.05) is 22.3 Å². The van der Waals surface area contributed by atoms with Crippen LogP contribution >= 0.6 is 27.7 Å². The molecule has 0 unspecified atom stereocenters. The molecule has 128 valence electrons. The molecule has 2 fully saturated rings. The molecular formula is C16H17BrN2O4S. The van der Waals surface area contributed by atoms with Crippen LogP contribution in [0.1, 0.15) is 19.8 Å². The minimum absolute atomic E-state index is 0.0250. The van der Waals surface area contributed by atoms with Crippen molar-refractivity contribution in [2.75, 3.05) is 17.7 Å². The molecule has 1 N–H and O–H groups in total. The van der Waals surface area contributed by atoms with Crippen molar-refractivity contribution in [2.24, 2.45) is 0 Å². The smallest absolute Gasteiger partial charge is 0.330 e. The van der Waals surface area contributed by atoms with Crippen LogP contribution in [-0.4, -0.2) is 46.0 Å². The number of ether oxygens (including phenoxy) is 1. The van der Waals surface area contributed by atoms with E-state index >= 15 is 0 Å². The van der Waals surface area contributed by atoms with Crippen LogP contribution in [0, 0.1) is 0 Å². The third-order valence-corrected chi connectivity index (χ3v) is 6.17. The lowest BCUT2D eigenvalue weighted by Gasteiger charge is -2.29. The van der Waals surface area contributed by atoms with E-state index in [2.05, 4.69) is 21.2 Å². The fourth-order valence-corrected chi connectivity index (χ4v) is 4.81. The minimum atomic E-state index is -0.603. The Labute approximate surface area is 152 Å². The Balaban J connectivity index is 1.54. The van der Waals surface area contributed by atoms with Crippen LogP contribution in [0.25, 0.3) is 0 Å². The molecule has 2 aliphatic heterocycles. The normalized spacial score (nSPS) is 25.5. The largest absolute Gasteiger partial charge is 0.454 e. The van der Waals surface area contributed by atoms with Crippen LogP contribution in [0.4, 0.5) is 5.69 Å². The molecule has 24 heavy (non-hydrogen) atoms. The highest BCUT2D eigenvalue weighted by Gasteiger charge is 2.53. The van der Waals surface area contributed by atoms with Crippen molar-refractivity contribution in [1.82, 2.24) is 4.90 Å². The second-order valence-electron chi connectivity index (χ2n) is 5.93. The van der Waals surface area contributed by atoms with Crippen LogP contribution in [0.5, 0.6) is 0 Å². The number of anilines is 1. The minimum Gasteiger partial charge on any atom is -0.454 e. The number of hydrogen-bond donors (Lipinski definition) is 1. The summed E-state index contributed by atoms with van der Waals surface area (Å²) in [4.78, 5) is 37.5. The first-order valence-corrected chi connectivity index (χ1v) is 9.35. The maximum Gasteiger partial charge on any atom is 0.330 e. The molecule has 3 rings (SSSR count). The van der Waals surface area contributed by atoms with Crippen LogP contribution < -0.4 is 5.32 Å². The zero-order chi connectivity index (χ0) is 17.3. The van der Waals surface area contributed by atoms with E-state index in [1.165, 1.54) is 0 Å². The van der Waals surface area contributed by atoms with Gasteiger partial charge in [0.1, 0.15) is 6.04 Å². The summed E-state index contributed by atoms with van der Waals surface area (Å²) in [6.45, 7) is 1.60. The Morgan fingerprint density at radius 2 is 2.29 bits per heavy atom. The van der Waals surface area contributed by atoms with Gasteiger partial charge < -0.3 is 15.0 Å². The molecule has 2 aliphatic rings. The zero-order valence-electron chi connectivity index (χ0n) is 13.1. The fourth-order valence-electron chi connectivity index (χ4n) is 2.99. The Bertz CT molecular complexity index is 698. The van der Waals surface area contributed by atoms with Gasteiger partial charge in [0.25, 0.3) is 5.91 Å². The van der Waals surface area contributed by atoms with E-state index in [9.17, 15) is 14.4 Å². The SMILES string of the molecule is C[C@@]12CCC(=O)N1[C@H](C(=O)OCC(=O)Nc1cccc(Br)c1)CS2. The van der Waals surface area contributed by atoms with Crippen LogP contribution in [-0.2, 0) is 19.1 Å². The number of amides is 2. The Morgan fingerprint density at radius 3 is 3.04 bits per heavy atom. The summed E-state index contributed by atoms with van der Waals surface area (Å²) in [6.07, 6.45) is 1.19. The van der Waals surface area contributed by atoms with Crippen LogP contribution in [0.3, 0.4) is 0 Å². The van der Waals surface area contributed by atoms with Crippen molar-refractivity contribution >= 4 is 51.2 Å². The van der Waals surface area contributed by atoms with Gasteiger partial charge in [-0.1, -0.05) is 22.0 Å². The van der Waals surface area contributed by atoms with Gasteiger partial charge in [0.2, 0.25) is 5.91 Å². The number of nitrogens with zero attached hydrogens (tertiary/aromatic N) is 1. The average molecular weight is 413 g/mol. The maximum atomic E-state index is 12.3.